The zero-order chi connectivity index (χ0) is 25.9. The van der Waals surface area contributed by atoms with Crippen LogP contribution in [0.3, 0.4) is 0 Å². The third-order valence-electron chi connectivity index (χ3n) is 5.90. The van der Waals surface area contributed by atoms with Crippen LogP contribution < -0.4 is 0 Å². The third-order valence-corrected chi connectivity index (χ3v) is 5.90. The van der Waals surface area contributed by atoms with Crippen LogP contribution in [0.25, 0.3) is 0 Å². The first-order valence-electron chi connectivity index (χ1n) is 11.4. The van der Waals surface area contributed by atoms with Crippen LogP contribution in [0.2, 0.25) is 0 Å². The molecule has 11 heteroatoms. The molecule has 4 rings (SSSR count). The van der Waals surface area contributed by atoms with Crippen molar-refractivity contribution in [2.45, 2.75) is 57.5 Å². The molecule has 3 heterocycles. The molecule has 1 amide bonds. The number of aliphatic carboxylic acids is 1. The lowest BCUT2D eigenvalue weighted by molar-refractivity contribution is -0.169. The third kappa shape index (κ3) is 5.09. The lowest BCUT2D eigenvalue weighted by atomic mass is 9.90. The predicted octanol–water partition coefficient (Wildman–Crippen LogP) is 3.44. The van der Waals surface area contributed by atoms with Crippen molar-refractivity contribution in [3.63, 3.8) is 0 Å². The van der Waals surface area contributed by atoms with E-state index in [1.165, 1.54) is 17.1 Å². The van der Waals surface area contributed by atoms with Crippen molar-refractivity contribution < 1.29 is 33.4 Å². The minimum atomic E-state index is -1.76. The zero-order valence-corrected chi connectivity index (χ0v) is 20.2. The molecule has 1 aromatic carbocycles. The highest BCUT2D eigenvalue weighted by molar-refractivity contribution is 5.89. The number of carboxylic acid groups (broad SMARTS) is 1. The van der Waals surface area contributed by atoms with Crippen molar-refractivity contribution in [1.29, 1.82) is 0 Å². The van der Waals surface area contributed by atoms with Gasteiger partial charge in [-0.3, -0.25) is 14.4 Å². The summed E-state index contributed by atoms with van der Waals surface area (Å²) < 4.78 is 18.3. The highest BCUT2D eigenvalue weighted by atomic mass is 16.6. The Labute approximate surface area is 207 Å². The second-order valence-electron chi connectivity index (χ2n) is 9.64. The van der Waals surface area contributed by atoms with Crippen LogP contribution in [0, 0.1) is 5.92 Å². The fourth-order valence-electron chi connectivity index (χ4n) is 4.44. The number of carbonyl (C=O) groups is 3. The molecule has 1 N–H and O–H groups in total. The molecule has 1 saturated heterocycles. The highest BCUT2D eigenvalue weighted by Gasteiger charge is 2.64. The zero-order valence-electron chi connectivity index (χ0n) is 20.2. The summed E-state index contributed by atoms with van der Waals surface area (Å²) in [6, 6.07) is 9.51. The summed E-state index contributed by atoms with van der Waals surface area (Å²) in [5.74, 6) is -3.06. The Bertz CT molecular complexity index is 1190. The topological polar surface area (TPSA) is 137 Å². The lowest BCUT2D eigenvalue weighted by Crippen LogP contribution is -2.58. The van der Waals surface area contributed by atoms with E-state index >= 15 is 0 Å². The maximum absolute atomic E-state index is 13.8. The standard InChI is InChI=1S/C25H28N4O7/c1-24(2,3)36-22(32)25(15-28-11-7-10-27-28)12-18(21(30)31)20(19-13-26-16-35-19)29(25)23(33)34-14-17-8-5-4-6-9-17/h4-11,13,16,18,20H,12,14-15H2,1-3H3,(H,30,31)/t18-,20+,25+/m1/s1. The molecular weight excluding hydrogens is 468 g/mol. The highest BCUT2D eigenvalue weighted by Crippen LogP contribution is 2.49. The molecule has 1 aliphatic rings. The van der Waals surface area contributed by atoms with E-state index in [1.807, 2.05) is 6.07 Å². The molecule has 3 atom stereocenters. The molecule has 1 aliphatic heterocycles. The van der Waals surface area contributed by atoms with Gasteiger partial charge in [0.05, 0.1) is 18.7 Å². The predicted molar refractivity (Wildman–Crippen MR) is 124 cm³/mol. The Morgan fingerprint density at radius 2 is 1.94 bits per heavy atom. The van der Waals surface area contributed by atoms with Crippen LogP contribution >= 0.6 is 0 Å². The maximum Gasteiger partial charge on any atom is 0.411 e. The van der Waals surface area contributed by atoms with Crippen molar-refractivity contribution in [3.05, 3.63) is 72.7 Å². The minimum Gasteiger partial charge on any atom is -0.481 e. The van der Waals surface area contributed by atoms with Gasteiger partial charge < -0.3 is 19.0 Å². The number of hydrogen-bond donors (Lipinski definition) is 1. The molecule has 3 aromatic rings. The van der Waals surface area contributed by atoms with Gasteiger partial charge in [0.25, 0.3) is 0 Å². The van der Waals surface area contributed by atoms with Crippen molar-refractivity contribution in [1.82, 2.24) is 19.7 Å². The Balaban J connectivity index is 1.82. The molecule has 0 saturated carbocycles. The van der Waals surface area contributed by atoms with Crippen molar-refractivity contribution in [2.75, 3.05) is 0 Å². The fourth-order valence-corrected chi connectivity index (χ4v) is 4.44. The van der Waals surface area contributed by atoms with Crippen LogP contribution in [-0.4, -0.2) is 53.9 Å². The quantitative estimate of drug-likeness (QED) is 0.488. The van der Waals surface area contributed by atoms with Crippen LogP contribution in [-0.2, 0) is 32.2 Å². The van der Waals surface area contributed by atoms with E-state index in [0.717, 1.165) is 16.9 Å². The summed E-state index contributed by atoms with van der Waals surface area (Å²) in [5.41, 5.74) is -1.93. The number of likely N-dealkylation sites (tertiary alicyclic amines) is 1. The van der Waals surface area contributed by atoms with Gasteiger partial charge in [-0.2, -0.15) is 5.10 Å². The lowest BCUT2D eigenvalue weighted by Gasteiger charge is -2.39. The minimum absolute atomic E-state index is 0.0802. The maximum atomic E-state index is 13.8. The molecule has 0 bridgehead atoms. The van der Waals surface area contributed by atoms with E-state index < -0.39 is 41.1 Å². The van der Waals surface area contributed by atoms with E-state index in [4.69, 9.17) is 13.9 Å². The van der Waals surface area contributed by atoms with Crippen LogP contribution in [0.1, 0.15) is 44.6 Å². The van der Waals surface area contributed by atoms with Gasteiger partial charge in [-0.25, -0.2) is 14.6 Å². The van der Waals surface area contributed by atoms with Gasteiger partial charge in [0.1, 0.15) is 24.0 Å². The van der Waals surface area contributed by atoms with E-state index in [0.29, 0.717) is 0 Å². The Morgan fingerprint density at radius 3 is 2.53 bits per heavy atom. The average Bonchev–Trinajstić information content (AvgIpc) is 3.58. The summed E-state index contributed by atoms with van der Waals surface area (Å²) >= 11 is 0. The van der Waals surface area contributed by atoms with Crippen molar-refractivity contribution in [3.8, 4) is 0 Å². The van der Waals surface area contributed by atoms with E-state index in [9.17, 15) is 19.5 Å². The molecule has 190 valence electrons. The number of nitrogens with zero attached hydrogens (tertiary/aromatic N) is 4. The molecule has 0 radical (unpaired) electrons. The second-order valence-corrected chi connectivity index (χ2v) is 9.64. The van der Waals surface area contributed by atoms with Crippen LogP contribution in [0.4, 0.5) is 4.79 Å². The summed E-state index contributed by atoms with van der Waals surface area (Å²) in [4.78, 5) is 45.0. The molecule has 0 aliphatic carbocycles. The van der Waals surface area contributed by atoms with Crippen LogP contribution in [0.5, 0.6) is 0 Å². The molecular formula is C25H28N4O7. The normalized spacial score (nSPS) is 21.8. The molecule has 0 spiro atoms. The Kier molecular flexibility index (Phi) is 6.82. The van der Waals surface area contributed by atoms with Gasteiger partial charge in [0, 0.05) is 12.4 Å². The largest absolute Gasteiger partial charge is 0.481 e. The summed E-state index contributed by atoms with van der Waals surface area (Å²) in [6.07, 6.45) is 4.49. The number of hydrogen-bond acceptors (Lipinski definition) is 8. The molecule has 0 unspecified atom stereocenters. The molecule has 2 aromatic heterocycles. The molecule has 1 fully saturated rings. The van der Waals surface area contributed by atoms with Crippen molar-refractivity contribution >= 4 is 18.0 Å². The Morgan fingerprint density at radius 1 is 1.19 bits per heavy atom. The van der Waals surface area contributed by atoms with Gasteiger partial charge in [-0.1, -0.05) is 30.3 Å². The summed E-state index contributed by atoms with van der Waals surface area (Å²) in [6.45, 7) is 4.86. The van der Waals surface area contributed by atoms with Crippen LogP contribution in [0.15, 0.2) is 65.8 Å². The number of benzene rings is 1. The van der Waals surface area contributed by atoms with Gasteiger partial charge in [0.2, 0.25) is 0 Å². The molecule has 11 nitrogen and oxygen atoms in total. The van der Waals surface area contributed by atoms with Gasteiger partial charge in [-0.05, 0) is 38.8 Å². The average molecular weight is 497 g/mol. The summed E-state index contributed by atoms with van der Waals surface area (Å²) in [5, 5.41) is 14.3. The number of esters is 1. The van der Waals surface area contributed by atoms with Crippen molar-refractivity contribution in [2.24, 2.45) is 5.92 Å². The number of amides is 1. The summed E-state index contributed by atoms with van der Waals surface area (Å²) in [7, 11) is 0. The smallest absolute Gasteiger partial charge is 0.411 e. The number of carboxylic acids is 1. The first kappa shape index (κ1) is 25.0. The SMILES string of the molecule is CC(C)(C)OC(=O)[C@@]1(Cn2cccn2)C[C@@H](C(=O)O)[C@@H](c2cnco2)N1C(=O)OCc1ccccc1. The first-order valence-corrected chi connectivity index (χ1v) is 11.4. The number of aromatic nitrogens is 3. The number of carbonyl (C=O) groups excluding carboxylic acids is 2. The van der Waals surface area contributed by atoms with Gasteiger partial charge in [-0.15, -0.1) is 0 Å². The first-order chi connectivity index (χ1) is 17.1. The second kappa shape index (κ2) is 9.84. The Hall–Kier alpha value is -4.15. The van der Waals surface area contributed by atoms with E-state index in [-0.39, 0.29) is 25.3 Å². The number of rotatable bonds is 7. The van der Waals surface area contributed by atoms with E-state index in [1.54, 1.807) is 57.3 Å². The fraction of sp³-hybridized carbons (Fsp3) is 0.400. The number of ether oxygens (including phenoxy) is 2. The monoisotopic (exact) mass is 496 g/mol. The van der Waals surface area contributed by atoms with E-state index in [2.05, 4.69) is 10.1 Å². The molecule has 36 heavy (non-hydrogen) atoms. The number of oxazole rings is 1. The van der Waals surface area contributed by atoms with Gasteiger partial charge in [0.15, 0.2) is 11.9 Å². The van der Waals surface area contributed by atoms with Gasteiger partial charge >= 0.3 is 18.0 Å².